The van der Waals surface area contributed by atoms with Crippen LogP contribution in [0.25, 0.3) is 28.4 Å². The fraction of sp³-hybridized carbons (Fsp3) is 0.240. The van der Waals surface area contributed by atoms with Crippen molar-refractivity contribution in [2.24, 2.45) is 0 Å². The lowest BCUT2D eigenvalue weighted by Crippen LogP contribution is -2.27. The molecule has 0 bridgehead atoms. The highest BCUT2D eigenvalue weighted by Crippen LogP contribution is 2.53. The first-order chi connectivity index (χ1) is 15.0. The Morgan fingerprint density at radius 1 is 1.12 bits per heavy atom. The van der Waals surface area contributed by atoms with Gasteiger partial charge in [-0.3, -0.25) is 4.79 Å². The van der Waals surface area contributed by atoms with Gasteiger partial charge in [0.25, 0.3) is 0 Å². The van der Waals surface area contributed by atoms with Gasteiger partial charge in [-0.05, 0) is 39.3 Å². The average molecular weight is 434 g/mol. The second kappa shape index (κ2) is 6.32. The average Bonchev–Trinajstić information content (AvgIpc) is 2.70. The third-order valence-electron chi connectivity index (χ3n) is 6.15. The second-order valence-corrected chi connectivity index (χ2v) is 8.94. The molecule has 32 heavy (non-hydrogen) atoms. The summed E-state index contributed by atoms with van der Waals surface area (Å²) in [5.74, 6) is -1.56. The molecule has 1 aromatic heterocycles. The van der Waals surface area contributed by atoms with E-state index in [1.807, 2.05) is 13.8 Å². The van der Waals surface area contributed by atoms with Gasteiger partial charge in [-0.15, -0.1) is 0 Å². The fourth-order valence-corrected chi connectivity index (χ4v) is 4.57. The molecule has 1 unspecified atom stereocenters. The van der Waals surface area contributed by atoms with Crippen molar-refractivity contribution in [2.45, 2.75) is 38.7 Å². The summed E-state index contributed by atoms with van der Waals surface area (Å²) in [6, 6.07) is 2.54. The maximum absolute atomic E-state index is 13.5. The zero-order valence-corrected chi connectivity index (χ0v) is 17.8. The molecule has 1 aliphatic heterocycles. The lowest BCUT2D eigenvalue weighted by Gasteiger charge is -2.30. The van der Waals surface area contributed by atoms with Crippen LogP contribution in [-0.4, -0.2) is 26.0 Å². The van der Waals surface area contributed by atoms with Crippen LogP contribution < -0.4 is 10.2 Å². The van der Waals surface area contributed by atoms with Crippen molar-refractivity contribution in [3.63, 3.8) is 0 Å². The fourth-order valence-electron chi connectivity index (χ4n) is 4.57. The van der Waals surface area contributed by atoms with Crippen LogP contribution in [0.1, 0.15) is 43.4 Å². The Hall–Kier alpha value is -3.87. The van der Waals surface area contributed by atoms with Crippen LogP contribution in [0.3, 0.4) is 0 Å². The number of allylic oxidation sites excluding steroid dienone is 1. The standard InChI is InChI=1S/C25H22O7/c1-10(2)12-7-13-22(29)20-17(9-16-11(21(20)28)5-6-25(3,4)32-16)31-24(13)19-14(26)8-15(27)23(30)18(12)19/h5-6,8-9,12,26-28,30H,1,7H2,2-4H3. The van der Waals surface area contributed by atoms with Gasteiger partial charge in [0.05, 0.1) is 11.1 Å². The predicted molar refractivity (Wildman–Crippen MR) is 120 cm³/mol. The van der Waals surface area contributed by atoms with Crippen molar-refractivity contribution in [3.05, 3.63) is 57.3 Å². The van der Waals surface area contributed by atoms with Crippen molar-refractivity contribution >= 4 is 17.0 Å². The summed E-state index contributed by atoms with van der Waals surface area (Å²) < 4.78 is 12.0. The molecule has 0 amide bonds. The van der Waals surface area contributed by atoms with Crippen LogP contribution in [0.2, 0.25) is 0 Å². The molecule has 1 atom stereocenters. The number of hydrogen-bond donors (Lipinski definition) is 4. The molecule has 0 spiro atoms. The predicted octanol–water partition coefficient (Wildman–Crippen LogP) is 4.68. The first-order valence-corrected chi connectivity index (χ1v) is 10.2. The van der Waals surface area contributed by atoms with E-state index >= 15 is 0 Å². The maximum atomic E-state index is 13.5. The van der Waals surface area contributed by atoms with Gasteiger partial charge >= 0.3 is 0 Å². The number of fused-ring (bicyclic) bond motifs is 5. The monoisotopic (exact) mass is 434 g/mol. The quantitative estimate of drug-likeness (QED) is 0.249. The van der Waals surface area contributed by atoms with E-state index in [1.54, 1.807) is 25.1 Å². The lowest BCUT2D eigenvalue weighted by molar-refractivity contribution is 0.158. The van der Waals surface area contributed by atoms with E-state index < -0.39 is 28.4 Å². The molecule has 4 N–H and O–H groups in total. The zero-order valence-electron chi connectivity index (χ0n) is 17.8. The highest BCUT2D eigenvalue weighted by atomic mass is 16.5. The first kappa shape index (κ1) is 20.1. The van der Waals surface area contributed by atoms with Gasteiger partial charge in [0, 0.05) is 29.2 Å². The lowest BCUT2D eigenvalue weighted by atomic mass is 9.77. The molecule has 0 fully saturated rings. The van der Waals surface area contributed by atoms with Crippen molar-refractivity contribution in [1.29, 1.82) is 0 Å². The molecule has 0 saturated carbocycles. The molecule has 5 rings (SSSR count). The number of ether oxygens (including phenoxy) is 1. The number of phenols is 4. The van der Waals surface area contributed by atoms with Gasteiger partial charge in [0.15, 0.2) is 16.9 Å². The van der Waals surface area contributed by atoms with E-state index in [0.29, 0.717) is 16.9 Å². The molecule has 0 radical (unpaired) electrons. The number of aromatic hydroxyl groups is 4. The van der Waals surface area contributed by atoms with E-state index in [4.69, 9.17) is 9.15 Å². The van der Waals surface area contributed by atoms with Crippen LogP contribution >= 0.6 is 0 Å². The van der Waals surface area contributed by atoms with Gasteiger partial charge in [-0.25, -0.2) is 0 Å². The highest BCUT2D eigenvalue weighted by molar-refractivity contribution is 5.93. The van der Waals surface area contributed by atoms with E-state index in [9.17, 15) is 25.2 Å². The number of hydrogen-bond acceptors (Lipinski definition) is 7. The zero-order chi connectivity index (χ0) is 23.1. The van der Waals surface area contributed by atoms with Crippen molar-refractivity contribution in [3.8, 4) is 40.1 Å². The molecular formula is C25H22O7. The Bertz CT molecular complexity index is 1440. The van der Waals surface area contributed by atoms with Gasteiger partial charge < -0.3 is 29.6 Å². The van der Waals surface area contributed by atoms with Crippen molar-refractivity contribution < 1.29 is 29.6 Å². The van der Waals surface area contributed by atoms with Crippen LogP contribution in [-0.2, 0) is 6.42 Å². The Morgan fingerprint density at radius 2 is 1.84 bits per heavy atom. The Labute approximate surface area is 183 Å². The van der Waals surface area contributed by atoms with Gasteiger partial charge in [0.1, 0.15) is 39.6 Å². The first-order valence-electron chi connectivity index (χ1n) is 10.2. The Kier molecular flexibility index (Phi) is 3.96. The largest absolute Gasteiger partial charge is 0.507 e. The minimum Gasteiger partial charge on any atom is -0.507 e. The highest BCUT2D eigenvalue weighted by Gasteiger charge is 2.36. The molecular weight excluding hydrogens is 412 g/mol. The number of rotatable bonds is 1. The molecule has 1 aliphatic carbocycles. The molecule has 0 saturated heterocycles. The molecule has 3 aromatic rings. The SMILES string of the molecule is C=C(C)C1Cc2c(oc3cc4c(c(O)c3c2=O)C=CC(C)(C)O4)-c2c(O)cc(O)c(O)c21. The summed E-state index contributed by atoms with van der Waals surface area (Å²) >= 11 is 0. The summed E-state index contributed by atoms with van der Waals surface area (Å²) in [5, 5.41) is 42.2. The summed E-state index contributed by atoms with van der Waals surface area (Å²) in [6.07, 6.45) is 3.63. The van der Waals surface area contributed by atoms with E-state index in [2.05, 4.69) is 6.58 Å². The molecule has 164 valence electrons. The van der Waals surface area contributed by atoms with Gasteiger partial charge in [-0.2, -0.15) is 0 Å². The van der Waals surface area contributed by atoms with Crippen LogP contribution in [0.4, 0.5) is 0 Å². The topological polar surface area (TPSA) is 120 Å². The molecule has 7 heteroatoms. The van der Waals surface area contributed by atoms with Gasteiger partial charge in [0.2, 0.25) is 0 Å². The van der Waals surface area contributed by atoms with E-state index in [0.717, 1.165) is 6.07 Å². The minimum atomic E-state index is -0.607. The molecule has 2 aliphatic rings. The summed E-state index contributed by atoms with van der Waals surface area (Å²) in [5.41, 5.74) is 0.664. The smallest absolute Gasteiger partial charge is 0.200 e. The van der Waals surface area contributed by atoms with Gasteiger partial charge in [-0.1, -0.05) is 12.2 Å². The van der Waals surface area contributed by atoms with Crippen molar-refractivity contribution in [1.82, 2.24) is 0 Å². The van der Waals surface area contributed by atoms with E-state index in [1.165, 1.54) is 0 Å². The summed E-state index contributed by atoms with van der Waals surface area (Å²) in [6.45, 7) is 9.40. The third kappa shape index (κ3) is 2.64. The number of phenolic OH excluding ortho intramolecular Hbond substituents is 4. The third-order valence-corrected chi connectivity index (χ3v) is 6.15. The van der Waals surface area contributed by atoms with Crippen LogP contribution in [0.15, 0.2) is 39.6 Å². The summed E-state index contributed by atoms with van der Waals surface area (Å²) in [4.78, 5) is 13.5. The number of benzene rings is 2. The molecule has 2 heterocycles. The maximum Gasteiger partial charge on any atom is 0.200 e. The van der Waals surface area contributed by atoms with Crippen LogP contribution in [0.5, 0.6) is 28.7 Å². The normalized spacial score (nSPS) is 17.9. The van der Waals surface area contributed by atoms with Crippen LogP contribution in [0, 0.1) is 0 Å². The van der Waals surface area contributed by atoms with Crippen molar-refractivity contribution in [2.75, 3.05) is 0 Å². The molecule has 7 nitrogen and oxygen atoms in total. The Balaban J connectivity index is 1.89. The Morgan fingerprint density at radius 3 is 2.53 bits per heavy atom. The second-order valence-electron chi connectivity index (χ2n) is 8.94. The van der Waals surface area contributed by atoms with E-state index in [-0.39, 0.29) is 51.3 Å². The molecule has 2 aromatic carbocycles. The summed E-state index contributed by atoms with van der Waals surface area (Å²) in [7, 11) is 0. The minimum absolute atomic E-state index is 0.0156.